The molecule has 0 aliphatic carbocycles. The fourth-order valence-corrected chi connectivity index (χ4v) is 4.47. The lowest BCUT2D eigenvalue weighted by Gasteiger charge is -2.32. The molecular formula is C26H17N3OS. The second-order valence-electron chi connectivity index (χ2n) is 7.21. The second-order valence-corrected chi connectivity index (χ2v) is 7.96. The summed E-state index contributed by atoms with van der Waals surface area (Å²) in [5, 5.41) is 0.910. The lowest BCUT2D eigenvalue weighted by molar-refractivity contribution is 0.477. The van der Waals surface area contributed by atoms with E-state index in [4.69, 9.17) is 9.72 Å². The van der Waals surface area contributed by atoms with E-state index in [-0.39, 0.29) is 0 Å². The Labute approximate surface area is 184 Å². The van der Waals surface area contributed by atoms with Crippen LogP contribution in [-0.2, 0) is 0 Å². The van der Waals surface area contributed by atoms with Gasteiger partial charge in [-0.3, -0.25) is 0 Å². The molecule has 5 aromatic rings. The summed E-state index contributed by atoms with van der Waals surface area (Å²) in [4.78, 5) is 6.97. The molecule has 6 rings (SSSR count). The summed E-state index contributed by atoms with van der Waals surface area (Å²) in [5.41, 5.74) is 5.20. The van der Waals surface area contributed by atoms with Crippen LogP contribution in [0.4, 0.5) is 17.1 Å². The van der Waals surface area contributed by atoms with Gasteiger partial charge in [0.2, 0.25) is 0 Å². The number of anilines is 3. The normalized spacial score (nSPS) is 12.1. The fraction of sp³-hybridized carbons (Fsp3) is 0. The molecule has 148 valence electrons. The molecule has 5 heteroatoms. The maximum Gasteiger partial charge on any atom is 0.173 e. The fourth-order valence-electron chi connectivity index (χ4n) is 3.78. The average Bonchev–Trinajstić information content (AvgIpc) is 3.34. The maximum absolute atomic E-state index is 6.11. The Morgan fingerprint density at radius 3 is 1.90 bits per heavy atom. The largest absolute Gasteiger partial charge is 0.453 e. The van der Waals surface area contributed by atoms with Gasteiger partial charge in [0.05, 0.1) is 11.4 Å². The van der Waals surface area contributed by atoms with Crippen LogP contribution in [0.25, 0.3) is 22.0 Å². The van der Waals surface area contributed by atoms with Crippen molar-refractivity contribution in [3.8, 4) is 33.5 Å². The van der Waals surface area contributed by atoms with Gasteiger partial charge in [-0.05, 0) is 60.1 Å². The summed E-state index contributed by atoms with van der Waals surface area (Å²) in [5.74, 6) is 2.46. The van der Waals surface area contributed by atoms with Crippen molar-refractivity contribution in [1.29, 1.82) is 0 Å². The molecule has 1 aromatic heterocycles. The third kappa shape index (κ3) is 3.16. The first-order valence-corrected chi connectivity index (χ1v) is 10.8. The second kappa shape index (κ2) is 7.38. The highest BCUT2D eigenvalue weighted by Gasteiger charge is 2.25. The van der Waals surface area contributed by atoms with E-state index in [0.29, 0.717) is 0 Å². The van der Waals surface area contributed by atoms with E-state index < -0.39 is 0 Å². The van der Waals surface area contributed by atoms with E-state index in [1.165, 1.54) is 11.5 Å². The van der Waals surface area contributed by atoms with Gasteiger partial charge >= 0.3 is 0 Å². The zero-order valence-corrected chi connectivity index (χ0v) is 17.3. The van der Waals surface area contributed by atoms with Crippen molar-refractivity contribution in [2.45, 2.75) is 0 Å². The first kappa shape index (κ1) is 17.9. The molecular weight excluding hydrogens is 402 g/mol. The minimum absolute atomic E-state index is 0.765. The quantitative estimate of drug-likeness (QED) is 0.299. The van der Waals surface area contributed by atoms with Crippen LogP contribution in [0.15, 0.2) is 103 Å². The molecule has 2 heterocycles. The van der Waals surface area contributed by atoms with Crippen LogP contribution in [0.1, 0.15) is 0 Å². The molecule has 0 saturated heterocycles. The molecule has 0 atom stereocenters. The average molecular weight is 420 g/mol. The van der Waals surface area contributed by atoms with Crippen LogP contribution >= 0.6 is 11.5 Å². The number of benzene rings is 4. The highest BCUT2D eigenvalue weighted by atomic mass is 32.1. The van der Waals surface area contributed by atoms with Crippen molar-refractivity contribution in [3.63, 3.8) is 0 Å². The Hall–Kier alpha value is -3.96. The Bertz CT molecular complexity index is 1320. The molecule has 4 aromatic carbocycles. The molecule has 0 radical (unpaired) electrons. The first-order valence-electron chi connectivity index (χ1n) is 10.0. The van der Waals surface area contributed by atoms with Crippen molar-refractivity contribution in [3.05, 3.63) is 103 Å². The van der Waals surface area contributed by atoms with Crippen LogP contribution in [-0.4, -0.2) is 9.36 Å². The molecule has 0 saturated carbocycles. The highest BCUT2D eigenvalue weighted by molar-refractivity contribution is 7.09. The van der Waals surface area contributed by atoms with E-state index in [1.807, 2.05) is 66.7 Å². The van der Waals surface area contributed by atoms with Crippen LogP contribution in [0.3, 0.4) is 0 Å². The molecule has 0 bridgehead atoms. The van der Waals surface area contributed by atoms with Gasteiger partial charge in [0.25, 0.3) is 0 Å². The van der Waals surface area contributed by atoms with Gasteiger partial charge in [0.15, 0.2) is 17.3 Å². The van der Waals surface area contributed by atoms with Crippen LogP contribution < -0.4 is 9.64 Å². The van der Waals surface area contributed by atoms with E-state index in [2.05, 4.69) is 45.7 Å². The number of hydrogen-bond donors (Lipinski definition) is 0. The molecule has 1 aliphatic rings. The lowest BCUT2D eigenvalue weighted by atomic mass is 10.1. The van der Waals surface area contributed by atoms with Crippen molar-refractivity contribution < 1.29 is 4.74 Å². The zero-order valence-electron chi connectivity index (χ0n) is 16.5. The maximum atomic E-state index is 6.11. The SMILES string of the molecule is c1ccc(-c2nsc(-c3ccc(N4c5ccccc5Oc5ccccc54)cc3)n2)cc1. The lowest BCUT2D eigenvalue weighted by Crippen LogP contribution is -2.15. The smallest absolute Gasteiger partial charge is 0.173 e. The summed E-state index contributed by atoms with van der Waals surface area (Å²) < 4.78 is 10.6. The topological polar surface area (TPSA) is 38.2 Å². The monoisotopic (exact) mass is 419 g/mol. The molecule has 1 aliphatic heterocycles. The third-order valence-corrected chi connectivity index (χ3v) is 6.03. The van der Waals surface area contributed by atoms with Crippen molar-refractivity contribution in [2.75, 3.05) is 4.90 Å². The van der Waals surface area contributed by atoms with E-state index in [9.17, 15) is 0 Å². The highest BCUT2D eigenvalue weighted by Crippen LogP contribution is 2.50. The molecule has 0 fully saturated rings. The van der Waals surface area contributed by atoms with Crippen molar-refractivity contribution >= 4 is 28.6 Å². The summed E-state index contributed by atoms with van der Waals surface area (Å²) in [6.45, 7) is 0. The van der Waals surface area contributed by atoms with E-state index in [1.54, 1.807) is 0 Å². The molecule has 4 nitrogen and oxygen atoms in total. The minimum Gasteiger partial charge on any atom is -0.453 e. The number of para-hydroxylation sites is 4. The number of ether oxygens (including phenoxy) is 1. The third-order valence-electron chi connectivity index (χ3n) is 5.26. The molecule has 0 N–H and O–H groups in total. The Balaban J connectivity index is 1.37. The van der Waals surface area contributed by atoms with Crippen molar-refractivity contribution in [2.24, 2.45) is 0 Å². The standard InChI is InChI=1S/C26H17N3OS/c1-2-8-18(9-3-1)25-27-26(31-28-25)19-14-16-20(17-15-19)29-21-10-4-6-12-23(21)30-24-13-7-5-11-22(24)29/h1-17H. The molecule has 0 unspecified atom stereocenters. The predicted molar refractivity (Wildman–Crippen MR) is 126 cm³/mol. The number of rotatable bonds is 3. The Kier molecular flexibility index (Phi) is 4.25. The van der Waals surface area contributed by atoms with Gasteiger partial charge in [0, 0.05) is 16.8 Å². The van der Waals surface area contributed by atoms with Gasteiger partial charge in [0.1, 0.15) is 5.01 Å². The summed E-state index contributed by atoms with van der Waals surface area (Å²) in [6, 6.07) is 34.7. The van der Waals surface area contributed by atoms with Gasteiger partial charge in [-0.2, -0.15) is 4.37 Å². The van der Waals surface area contributed by atoms with Crippen LogP contribution in [0, 0.1) is 0 Å². The van der Waals surface area contributed by atoms with Crippen LogP contribution in [0.5, 0.6) is 11.5 Å². The van der Waals surface area contributed by atoms with E-state index >= 15 is 0 Å². The van der Waals surface area contributed by atoms with Gasteiger partial charge in [-0.25, -0.2) is 4.98 Å². The summed E-state index contributed by atoms with van der Waals surface area (Å²) in [7, 11) is 0. The van der Waals surface area contributed by atoms with Gasteiger partial charge in [-0.15, -0.1) is 0 Å². The summed E-state index contributed by atoms with van der Waals surface area (Å²) >= 11 is 1.42. The van der Waals surface area contributed by atoms with Gasteiger partial charge in [-0.1, -0.05) is 54.6 Å². The number of nitrogens with zero attached hydrogens (tertiary/aromatic N) is 3. The first-order chi connectivity index (χ1) is 15.4. The minimum atomic E-state index is 0.765. The summed E-state index contributed by atoms with van der Waals surface area (Å²) in [6.07, 6.45) is 0. The number of hydrogen-bond acceptors (Lipinski definition) is 5. The van der Waals surface area contributed by atoms with E-state index in [0.717, 1.165) is 50.5 Å². The number of fused-ring (bicyclic) bond motifs is 2. The zero-order chi connectivity index (χ0) is 20.6. The Morgan fingerprint density at radius 2 is 1.23 bits per heavy atom. The molecule has 0 spiro atoms. The predicted octanol–water partition coefficient (Wildman–Crippen LogP) is 7.45. The number of aromatic nitrogens is 2. The molecule has 0 amide bonds. The Morgan fingerprint density at radius 1 is 0.613 bits per heavy atom. The van der Waals surface area contributed by atoms with Crippen molar-refractivity contribution in [1.82, 2.24) is 9.36 Å². The molecule has 31 heavy (non-hydrogen) atoms. The van der Waals surface area contributed by atoms with Gasteiger partial charge < -0.3 is 9.64 Å². The van der Waals surface area contributed by atoms with Crippen LogP contribution in [0.2, 0.25) is 0 Å².